The topological polar surface area (TPSA) is 54.9 Å². The summed E-state index contributed by atoms with van der Waals surface area (Å²) in [5, 5.41) is 2.96. The van der Waals surface area contributed by atoms with Crippen LogP contribution in [-0.4, -0.2) is 22.1 Å². The number of benzene rings is 1. The van der Waals surface area contributed by atoms with Crippen molar-refractivity contribution in [2.24, 2.45) is 0 Å². The van der Waals surface area contributed by atoms with Crippen molar-refractivity contribution in [1.82, 2.24) is 9.97 Å². The number of nitrogens with zero attached hydrogens (tertiary/aromatic N) is 2. The first kappa shape index (κ1) is 13.8. The van der Waals surface area contributed by atoms with E-state index in [0.717, 1.165) is 0 Å². The zero-order chi connectivity index (χ0) is 13.8. The Morgan fingerprint density at radius 3 is 2.84 bits per heavy atom. The molecular weight excluding hydrogens is 289 g/mol. The lowest BCUT2D eigenvalue weighted by atomic mass is 10.3. The van der Waals surface area contributed by atoms with Crippen LogP contribution >= 0.6 is 23.4 Å². The molecule has 1 aromatic heterocycles. The van der Waals surface area contributed by atoms with Gasteiger partial charge in [-0.1, -0.05) is 35.5 Å². The maximum atomic E-state index is 13.4. The Morgan fingerprint density at radius 1 is 1.42 bits per heavy atom. The standard InChI is InChI=1S/C12H9ClFN3OS/c1-19-12-15-6-7(13)10(17-12)11(18)16-9-5-3-2-4-8(9)14/h2-6H,1H3,(H,16,18). The Morgan fingerprint density at radius 2 is 2.16 bits per heavy atom. The molecule has 0 fully saturated rings. The van der Waals surface area contributed by atoms with Crippen molar-refractivity contribution >= 4 is 35.0 Å². The first-order chi connectivity index (χ1) is 9.11. The van der Waals surface area contributed by atoms with E-state index < -0.39 is 11.7 Å². The highest BCUT2D eigenvalue weighted by molar-refractivity contribution is 7.98. The molecule has 0 bridgehead atoms. The summed E-state index contributed by atoms with van der Waals surface area (Å²) in [6, 6.07) is 5.87. The molecule has 0 atom stereocenters. The number of hydrogen-bond donors (Lipinski definition) is 1. The largest absolute Gasteiger partial charge is 0.318 e. The zero-order valence-electron chi connectivity index (χ0n) is 9.85. The third-order valence-electron chi connectivity index (χ3n) is 2.24. The highest BCUT2D eigenvalue weighted by Gasteiger charge is 2.15. The van der Waals surface area contributed by atoms with Gasteiger partial charge in [0, 0.05) is 0 Å². The number of nitrogens with one attached hydrogen (secondary N) is 1. The lowest BCUT2D eigenvalue weighted by Gasteiger charge is -2.07. The van der Waals surface area contributed by atoms with Crippen molar-refractivity contribution < 1.29 is 9.18 Å². The van der Waals surface area contributed by atoms with Crippen molar-refractivity contribution in [2.75, 3.05) is 11.6 Å². The number of aromatic nitrogens is 2. The van der Waals surface area contributed by atoms with Crippen LogP contribution in [0.5, 0.6) is 0 Å². The fourth-order valence-electron chi connectivity index (χ4n) is 1.35. The van der Waals surface area contributed by atoms with Gasteiger partial charge in [-0.2, -0.15) is 0 Å². The molecule has 1 heterocycles. The quantitative estimate of drug-likeness (QED) is 0.698. The van der Waals surface area contributed by atoms with Crippen molar-refractivity contribution in [3.63, 3.8) is 0 Å². The molecule has 98 valence electrons. The predicted molar refractivity (Wildman–Crippen MR) is 73.2 cm³/mol. The summed E-state index contributed by atoms with van der Waals surface area (Å²) in [4.78, 5) is 19.9. The maximum absolute atomic E-state index is 13.4. The number of para-hydroxylation sites is 1. The molecule has 0 unspecified atom stereocenters. The molecule has 19 heavy (non-hydrogen) atoms. The Kier molecular flexibility index (Phi) is 4.34. The van der Waals surface area contributed by atoms with Gasteiger partial charge in [-0.25, -0.2) is 14.4 Å². The van der Waals surface area contributed by atoms with Gasteiger partial charge in [0.05, 0.1) is 16.9 Å². The Bertz CT molecular complexity index is 624. The van der Waals surface area contributed by atoms with E-state index in [4.69, 9.17) is 11.6 Å². The van der Waals surface area contributed by atoms with Gasteiger partial charge in [-0.05, 0) is 18.4 Å². The Balaban J connectivity index is 2.28. The number of carbonyl (C=O) groups excluding carboxylic acids is 1. The first-order valence-corrected chi connectivity index (χ1v) is 6.84. The van der Waals surface area contributed by atoms with E-state index in [-0.39, 0.29) is 16.4 Å². The summed E-state index contributed by atoms with van der Waals surface area (Å²) < 4.78 is 13.4. The second kappa shape index (κ2) is 5.99. The predicted octanol–water partition coefficient (Wildman–Crippen LogP) is 3.24. The second-order valence-electron chi connectivity index (χ2n) is 3.49. The van der Waals surface area contributed by atoms with Crippen LogP contribution in [0, 0.1) is 5.82 Å². The van der Waals surface area contributed by atoms with Crippen molar-refractivity contribution in [1.29, 1.82) is 0 Å². The van der Waals surface area contributed by atoms with Gasteiger partial charge in [-0.3, -0.25) is 4.79 Å². The first-order valence-electron chi connectivity index (χ1n) is 5.24. The molecule has 0 aliphatic heterocycles. The molecule has 0 aliphatic rings. The van der Waals surface area contributed by atoms with Crippen LogP contribution in [0.1, 0.15) is 10.5 Å². The molecule has 0 aliphatic carbocycles. The number of halogens is 2. The number of thioether (sulfide) groups is 1. The highest BCUT2D eigenvalue weighted by atomic mass is 35.5. The second-order valence-corrected chi connectivity index (χ2v) is 4.67. The fraction of sp³-hybridized carbons (Fsp3) is 0.0833. The average Bonchev–Trinajstić information content (AvgIpc) is 2.42. The molecule has 2 rings (SSSR count). The zero-order valence-corrected chi connectivity index (χ0v) is 11.4. The van der Waals surface area contributed by atoms with Gasteiger partial charge < -0.3 is 5.32 Å². The van der Waals surface area contributed by atoms with Gasteiger partial charge in [0.1, 0.15) is 5.82 Å². The summed E-state index contributed by atoms with van der Waals surface area (Å²) in [7, 11) is 0. The highest BCUT2D eigenvalue weighted by Crippen LogP contribution is 2.19. The van der Waals surface area contributed by atoms with Crippen LogP contribution < -0.4 is 5.32 Å². The van der Waals surface area contributed by atoms with Crippen molar-refractivity contribution in [3.8, 4) is 0 Å². The molecule has 1 N–H and O–H groups in total. The van der Waals surface area contributed by atoms with E-state index >= 15 is 0 Å². The van der Waals surface area contributed by atoms with E-state index in [1.807, 2.05) is 0 Å². The van der Waals surface area contributed by atoms with Crippen LogP contribution in [0.3, 0.4) is 0 Å². The monoisotopic (exact) mass is 297 g/mol. The lowest BCUT2D eigenvalue weighted by molar-refractivity contribution is 0.102. The Hall–Kier alpha value is -1.66. The summed E-state index contributed by atoms with van der Waals surface area (Å²) in [5.41, 5.74) is 0.0946. The minimum atomic E-state index is -0.576. The van der Waals surface area contributed by atoms with Crippen LogP contribution in [0.2, 0.25) is 5.02 Å². The number of amides is 1. The minimum absolute atomic E-state index is 0.0178. The summed E-state index contributed by atoms with van der Waals surface area (Å²) >= 11 is 7.15. The van der Waals surface area contributed by atoms with E-state index in [1.165, 1.54) is 36.2 Å². The van der Waals surface area contributed by atoms with Crippen molar-refractivity contribution in [3.05, 3.63) is 47.0 Å². The molecule has 0 saturated carbocycles. The van der Waals surface area contributed by atoms with Crippen LogP contribution in [0.4, 0.5) is 10.1 Å². The molecule has 7 heteroatoms. The lowest BCUT2D eigenvalue weighted by Crippen LogP contribution is -2.16. The molecule has 0 saturated heterocycles. The molecule has 2 aromatic rings. The van der Waals surface area contributed by atoms with Gasteiger partial charge in [0.25, 0.3) is 5.91 Å². The third kappa shape index (κ3) is 3.21. The maximum Gasteiger partial charge on any atom is 0.276 e. The SMILES string of the molecule is CSc1ncc(Cl)c(C(=O)Nc2ccccc2F)n1. The number of rotatable bonds is 3. The summed E-state index contributed by atoms with van der Waals surface area (Å²) in [6.45, 7) is 0. The minimum Gasteiger partial charge on any atom is -0.318 e. The molecule has 1 aromatic carbocycles. The van der Waals surface area contributed by atoms with Crippen LogP contribution in [0.25, 0.3) is 0 Å². The van der Waals surface area contributed by atoms with Gasteiger partial charge in [0.2, 0.25) is 0 Å². The molecule has 1 amide bonds. The fourth-order valence-corrected chi connectivity index (χ4v) is 1.87. The van der Waals surface area contributed by atoms with Gasteiger partial charge >= 0.3 is 0 Å². The van der Waals surface area contributed by atoms with E-state index in [1.54, 1.807) is 12.3 Å². The summed E-state index contributed by atoms with van der Waals surface area (Å²) in [5.74, 6) is -1.10. The molecule has 4 nitrogen and oxygen atoms in total. The number of carbonyl (C=O) groups is 1. The number of hydrogen-bond acceptors (Lipinski definition) is 4. The smallest absolute Gasteiger partial charge is 0.276 e. The van der Waals surface area contributed by atoms with E-state index in [9.17, 15) is 9.18 Å². The summed E-state index contributed by atoms with van der Waals surface area (Å²) in [6.07, 6.45) is 3.12. The van der Waals surface area contributed by atoms with E-state index in [2.05, 4.69) is 15.3 Å². The van der Waals surface area contributed by atoms with Gasteiger partial charge in [-0.15, -0.1) is 0 Å². The van der Waals surface area contributed by atoms with E-state index in [0.29, 0.717) is 5.16 Å². The molecule has 0 spiro atoms. The van der Waals surface area contributed by atoms with Crippen LogP contribution in [0.15, 0.2) is 35.6 Å². The average molecular weight is 298 g/mol. The Labute approximate surface area is 118 Å². The molecular formula is C12H9ClFN3OS. The van der Waals surface area contributed by atoms with Crippen LogP contribution in [-0.2, 0) is 0 Å². The normalized spacial score (nSPS) is 10.3. The number of anilines is 1. The van der Waals surface area contributed by atoms with Gasteiger partial charge in [0.15, 0.2) is 10.9 Å². The molecule has 0 radical (unpaired) electrons. The third-order valence-corrected chi connectivity index (χ3v) is 3.08. The van der Waals surface area contributed by atoms with Crippen molar-refractivity contribution in [2.45, 2.75) is 5.16 Å².